The van der Waals surface area contributed by atoms with Crippen LogP contribution in [0, 0.1) is 5.82 Å². The molecule has 0 aliphatic heterocycles. The van der Waals surface area contributed by atoms with Crippen molar-refractivity contribution in [1.82, 2.24) is 10.3 Å². The third kappa shape index (κ3) is 4.81. The van der Waals surface area contributed by atoms with Crippen molar-refractivity contribution in [1.29, 1.82) is 0 Å². The maximum absolute atomic E-state index is 13.3. The lowest BCUT2D eigenvalue weighted by Crippen LogP contribution is -2.32. The summed E-state index contributed by atoms with van der Waals surface area (Å²) in [5.74, 6) is -1.47. The van der Waals surface area contributed by atoms with Crippen LogP contribution in [-0.2, 0) is 9.53 Å². The van der Waals surface area contributed by atoms with E-state index in [1.165, 1.54) is 46.1 Å². The lowest BCUT2D eigenvalue weighted by Gasteiger charge is -2.18. The van der Waals surface area contributed by atoms with Crippen molar-refractivity contribution in [2.45, 2.75) is 6.04 Å². The fourth-order valence-corrected chi connectivity index (χ4v) is 5.12. The number of esters is 1. The van der Waals surface area contributed by atoms with E-state index >= 15 is 0 Å². The van der Waals surface area contributed by atoms with Crippen LogP contribution in [0.25, 0.3) is 9.88 Å². The maximum Gasteiger partial charge on any atom is 0.358 e. The summed E-state index contributed by atoms with van der Waals surface area (Å²) in [4.78, 5) is 30.8. The number of nitrogens with zero attached hydrogens (tertiary/aromatic N) is 1. The fraction of sp³-hybridized carbons (Fsp3) is 0.0952. The monoisotopic (exact) mass is 458 g/mol. The van der Waals surface area contributed by atoms with Crippen LogP contribution in [-0.4, -0.2) is 23.5 Å². The number of hydrogen-bond acceptors (Lipinski definition) is 7. The van der Waals surface area contributed by atoms with Gasteiger partial charge in [-0.05, 0) is 40.6 Å². The van der Waals surface area contributed by atoms with Gasteiger partial charge in [0.25, 0.3) is 5.91 Å². The predicted octanol–water partition coefficient (Wildman–Crippen LogP) is 5.13. The van der Waals surface area contributed by atoms with Gasteiger partial charge in [-0.25, -0.2) is 14.2 Å². The van der Waals surface area contributed by atoms with Gasteiger partial charge in [0.1, 0.15) is 10.8 Å². The minimum Gasteiger partial charge on any atom is -0.451 e. The largest absolute Gasteiger partial charge is 0.451 e. The number of amides is 1. The highest BCUT2D eigenvalue weighted by Gasteiger charge is 2.20. The minimum absolute atomic E-state index is 0.171. The molecule has 0 spiro atoms. The van der Waals surface area contributed by atoms with Gasteiger partial charge in [-0.15, -0.1) is 34.0 Å². The van der Waals surface area contributed by atoms with Gasteiger partial charge in [0, 0.05) is 10.3 Å². The summed E-state index contributed by atoms with van der Waals surface area (Å²) in [5, 5.41) is 9.02. The third-order valence-corrected chi connectivity index (χ3v) is 6.93. The van der Waals surface area contributed by atoms with Crippen molar-refractivity contribution in [2.75, 3.05) is 6.61 Å². The highest BCUT2D eigenvalue weighted by atomic mass is 32.1. The zero-order valence-electron chi connectivity index (χ0n) is 15.4. The number of thiophene rings is 2. The lowest BCUT2D eigenvalue weighted by atomic mass is 10.1. The van der Waals surface area contributed by atoms with E-state index in [0.717, 1.165) is 20.3 Å². The number of thiazole rings is 1. The number of carbonyl (C=O) groups is 2. The minimum atomic E-state index is -0.654. The number of carbonyl (C=O) groups excluding carboxylic acids is 2. The Hall–Kier alpha value is -2.88. The molecule has 3 heterocycles. The molecule has 0 saturated heterocycles. The Kier molecular flexibility index (Phi) is 6.32. The molecule has 0 fully saturated rings. The molecular weight excluding hydrogens is 443 g/mol. The van der Waals surface area contributed by atoms with Crippen LogP contribution in [0.4, 0.5) is 4.39 Å². The topological polar surface area (TPSA) is 68.3 Å². The van der Waals surface area contributed by atoms with Gasteiger partial charge in [-0.3, -0.25) is 4.79 Å². The van der Waals surface area contributed by atoms with Crippen LogP contribution in [0.15, 0.2) is 64.7 Å². The summed E-state index contributed by atoms with van der Waals surface area (Å²) in [5.41, 5.74) is 0.906. The molecule has 4 aromatic rings. The molecule has 0 aliphatic rings. The molecule has 152 valence electrons. The average Bonchev–Trinajstić information content (AvgIpc) is 3.52. The Morgan fingerprint density at radius 1 is 1.03 bits per heavy atom. The van der Waals surface area contributed by atoms with E-state index in [-0.39, 0.29) is 11.5 Å². The Balaban J connectivity index is 1.39. The first kappa shape index (κ1) is 20.4. The third-order valence-electron chi connectivity index (χ3n) is 4.12. The van der Waals surface area contributed by atoms with Crippen LogP contribution < -0.4 is 5.32 Å². The first-order chi connectivity index (χ1) is 14.6. The van der Waals surface area contributed by atoms with E-state index < -0.39 is 24.5 Å². The van der Waals surface area contributed by atoms with Crippen LogP contribution in [0.2, 0.25) is 0 Å². The zero-order chi connectivity index (χ0) is 20.9. The number of ether oxygens (including phenoxy) is 1. The number of halogens is 1. The Labute approximate surface area is 183 Å². The molecule has 1 aromatic carbocycles. The second kappa shape index (κ2) is 9.29. The normalized spacial score (nSPS) is 11.8. The van der Waals surface area contributed by atoms with Crippen LogP contribution >= 0.6 is 34.0 Å². The second-order valence-corrected chi connectivity index (χ2v) is 8.94. The molecule has 1 atom stereocenters. The first-order valence-corrected chi connectivity index (χ1v) is 11.5. The van der Waals surface area contributed by atoms with Crippen LogP contribution in [0.1, 0.15) is 27.0 Å². The summed E-state index contributed by atoms with van der Waals surface area (Å²) < 4.78 is 18.4. The highest BCUT2D eigenvalue weighted by Crippen LogP contribution is 2.28. The number of benzene rings is 1. The summed E-state index contributed by atoms with van der Waals surface area (Å²) in [6, 6.07) is 13.1. The van der Waals surface area contributed by atoms with Crippen molar-refractivity contribution in [3.8, 4) is 9.88 Å². The van der Waals surface area contributed by atoms with E-state index in [4.69, 9.17) is 4.74 Å². The lowest BCUT2D eigenvalue weighted by molar-refractivity contribution is -0.124. The van der Waals surface area contributed by atoms with Crippen LogP contribution in [0.5, 0.6) is 0 Å². The van der Waals surface area contributed by atoms with Gasteiger partial charge in [-0.2, -0.15) is 0 Å². The van der Waals surface area contributed by atoms with Gasteiger partial charge in [0.2, 0.25) is 0 Å². The molecule has 1 amide bonds. The number of nitrogens with one attached hydrogen (secondary N) is 1. The molecule has 1 N–H and O–H groups in total. The van der Waals surface area contributed by atoms with Gasteiger partial charge < -0.3 is 10.1 Å². The summed E-state index contributed by atoms with van der Waals surface area (Å²) in [6.07, 6.45) is 0. The van der Waals surface area contributed by atoms with Gasteiger partial charge in [0.15, 0.2) is 12.3 Å². The number of rotatable bonds is 7. The standard InChI is InChI=1S/C21H15FN2O3S3/c22-14-7-5-13(6-8-14)19(16-3-1-9-28-16)24-18(25)11-27-21(26)15-12-30-20(23-15)17-4-2-10-29-17/h1-10,12,19H,11H2,(H,24,25). The second-order valence-electron chi connectivity index (χ2n) is 6.16. The number of hydrogen-bond donors (Lipinski definition) is 1. The van der Waals surface area contributed by atoms with Crippen molar-refractivity contribution in [3.63, 3.8) is 0 Å². The maximum atomic E-state index is 13.3. The average molecular weight is 459 g/mol. The predicted molar refractivity (Wildman–Crippen MR) is 116 cm³/mol. The molecule has 5 nitrogen and oxygen atoms in total. The van der Waals surface area contributed by atoms with E-state index in [0.29, 0.717) is 0 Å². The van der Waals surface area contributed by atoms with Crippen molar-refractivity contribution < 1.29 is 18.7 Å². The van der Waals surface area contributed by atoms with E-state index in [1.807, 2.05) is 35.0 Å². The molecule has 1 unspecified atom stereocenters. The highest BCUT2D eigenvalue weighted by molar-refractivity contribution is 7.20. The zero-order valence-corrected chi connectivity index (χ0v) is 17.9. The first-order valence-electron chi connectivity index (χ1n) is 8.85. The molecule has 4 rings (SSSR count). The van der Waals surface area contributed by atoms with Crippen molar-refractivity contribution in [3.05, 3.63) is 86.6 Å². The Morgan fingerprint density at radius 3 is 2.50 bits per heavy atom. The van der Waals surface area contributed by atoms with Crippen molar-refractivity contribution in [2.24, 2.45) is 0 Å². The molecule has 9 heteroatoms. The Bertz CT molecular complexity index is 1120. The fourth-order valence-electron chi connectivity index (χ4n) is 2.72. The van der Waals surface area contributed by atoms with Crippen molar-refractivity contribution >= 4 is 45.9 Å². The molecule has 0 radical (unpaired) electrons. The molecule has 3 aromatic heterocycles. The Morgan fingerprint density at radius 2 is 1.80 bits per heavy atom. The van der Waals surface area contributed by atoms with Crippen LogP contribution in [0.3, 0.4) is 0 Å². The van der Waals surface area contributed by atoms with E-state index in [1.54, 1.807) is 17.5 Å². The summed E-state index contributed by atoms with van der Waals surface area (Å²) in [7, 11) is 0. The molecule has 30 heavy (non-hydrogen) atoms. The molecule has 0 aliphatic carbocycles. The summed E-state index contributed by atoms with van der Waals surface area (Å²) in [6.45, 7) is -0.437. The number of aromatic nitrogens is 1. The van der Waals surface area contributed by atoms with Gasteiger partial charge in [-0.1, -0.05) is 24.3 Å². The molecule has 0 saturated carbocycles. The van der Waals surface area contributed by atoms with Gasteiger partial charge >= 0.3 is 5.97 Å². The molecule has 0 bridgehead atoms. The SMILES string of the molecule is O=C(COC(=O)c1csc(-c2cccs2)n1)NC(c1ccc(F)cc1)c1cccs1. The summed E-state index contributed by atoms with van der Waals surface area (Å²) >= 11 is 4.35. The molecular formula is C21H15FN2O3S3. The quantitative estimate of drug-likeness (QED) is 0.390. The van der Waals surface area contributed by atoms with Gasteiger partial charge in [0.05, 0.1) is 10.9 Å². The van der Waals surface area contributed by atoms with E-state index in [2.05, 4.69) is 10.3 Å². The smallest absolute Gasteiger partial charge is 0.358 e. The van der Waals surface area contributed by atoms with E-state index in [9.17, 15) is 14.0 Å².